The number of carbonyl (C=O) groups is 1. The number of carbonyl (C=O) groups excluding carboxylic acids is 1. The predicted molar refractivity (Wildman–Crippen MR) is 170 cm³/mol. The predicted octanol–water partition coefficient (Wildman–Crippen LogP) is 4.82. The third-order valence-corrected chi connectivity index (χ3v) is 10.2. The Morgan fingerprint density at radius 3 is 2.70 bits per heavy atom. The Bertz CT molecular complexity index is 1630. The number of likely N-dealkylation sites (tertiary alicyclic amines) is 1. The lowest BCUT2D eigenvalue weighted by molar-refractivity contribution is -0.129. The second-order valence-corrected chi connectivity index (χ2v) is 12.7. The number of nitriles is 1. The van der Waals surface area contributed by atoms with Gasteiger partial charge in [-0.15, -0.1) is 0 Å². The van der Waals surface area contributed by atoms with Crippen molar-refractivity contribution in [1.29, 1.82) is 5.26 Å². The molecule has 0 bridgehead atoms. The fourth-order valence-electron chi connectivity index (χ4n) is 7.62. The summed E-state index contributed by atoms with van der Waals surface area (Å²) in [6.07, 6.45) is 6.42. The molecule has 0 unspecified atom stereocenters. The lowest BCUT2D eigenvalue weighted by atomic mass is 9.95. The fraction of sp³-hybridized carbons (Fsp3) is 0.457. The van der Waals surface area contributed by atoms with Crippen molar-refractivity contribution in [3.8, 4) is 11.9 Å². The number of pyridine rings is 1. The maximum atomic E-state index is 12.7. The van der Waals surface area contributed by atoms with Crippen molar-refractivity contribution in [1.82, 2.24) is 14.8 Å². The first-order chi connectivity index (χ1) is 20.9. The number of amides is 1. The third kappa shape index (κ3) is 4.80. The van der Waals surface area contributed by atoms with Crippen molar-refractivity contribution in [2.24, 2.45) is 0 Å². The van der Waals surface area contributed by atoms with E-state index >= 15 is 0 Å². The maximum Gasteiger partial charge on any atom is 0.246 e. The highest BCUT2D eigenvalue weighted by molar-refractivity contribution is 5.97. The summed E-state index contributed by atoms with van der Waals surface area (Å²) in [5, 5.41) is 13.1. The van der Waals surface area contributed by atoms with Crippen LogP contribution in [0.1, 0.15) is 48.1 Å². The van der Waals surface area contributed by atoms with Crippen LogP contribution in [0.15, 0.2) is 49.1 Å². The van der Waals surface area contributed by atoms with E-state index in [-0.39, 0.29) is 11.4 Å². The zero-order chi connectivity index (χ0) is 29.7. The van der Waals surface area contributed by atoms with Gasteiger partial charge in [0.05, 0.1) is 23.5 Å². The van der Waals surface area contributed by atoms with Crippen molar-refractivity contribution < 1.29 is 9.53 Å². The molecule has 2 saturated heterocycles. The van der Waals surface area contributed by atoms with Crippen LogP contribution in [0.3, 0.4) is 0 Å². The van der Waals surface area contributed by atoms with E-state index in [0.29, 0.717) is 43.7 Å². The third-order valence-electron chi connectivity index (χ3n) is 10.2. The van der Waals surface area contributed by atoms with E-state index in [4.69, 9.17) is 9.72 Å². The molecule has 3 aromatic rings. The Hall–Kier alpha value is -4.09. The highest BCUT2D eigenvalue weighted by atomic mass is 16.5. The Morgan fingerprint density at radius 2 is 1.98 bits per heavy atom. The molecule has 0 N–H and O–H groups in total. The van der Waals surface area contributed by atoms with Gasteiger partial charge in [0, 0.05) is 48.9 Å². The Balaban J connectivity index is 1.28. The number of benzene rings is 2. The summed E-state index contributed by atoms with van der Waals surface area (Å²) in [5.74, 6) is 0.446. The molecule has 7 rings (SSSR count). The highest BCUT2D eigenvalue weighted by Crippen LogP contribution is 2.47. The van der Waals surface area contributed by atoms with Crippen LogP contribution >= 0.6 is 0 Å². The first-order valence-electron chi connectivity index (χ1n) is 15.6. The standard InChI is InChI=1S/C35H40N6O2/c1-4-31(42)41-19-18-40(23-35(41)14-15-35)33-27-13-17-39(30-12-6-10-25-9-5-8-24(2)32(25)30)21-29(27)37-34(28(33)20-36)43-22-26-11-7-16-38(26)3/h4-6,8-10,12,26H,1,7,11,13-19,21-23H2,2-3H3/t26-/m0/s1. The molecular weight excluding hydrogens is 536 g/mol. The molecule has 1 spiro atoms. The molecule has 1 saturated carbocycles. The molecule has 1 amide bonds. The van der Waals surface area contributed by atoms with Crippen molar-refractivity contribution >= 4 is 28.1 Å². The van der Waals surface area contributed by atoms with E-state index in [0.717, 1.165) is 68.7 Å². The number of hydrogen-bond donors (Lipinski definition) is 0. The van der Waals surface area contributed by atoms with Gasteiger partial charge in [0.25, 0.3) is 0 Å². The van der Waals surface area contributed by atoms with Crippen LogP contribution in [0.25, 0.3) is 10.8 Å². The number of piperazine rings is 1. The van der Waals surface area contributed by atoms with Gasteiger partial charge in [0.2, 0.25) is 11.8 Å². The molecule has 1 atom stereocenters. The number of aromatic nitrogens is 1. The van der Waals surface area contributed by atoms with E-state index < -0.39 is 0 Å². The van der Waals surface area contributed by atoms with Gasteiger partial charge >= 0.3 is 0 Å². The topological polar surface area (TPSA) is 75.9 Å². The molecule has 2 aromatic carbocycles. The molecule has 43 heavy (non-hydrogen) atoms. The van der Waals surface area contributed by atoms with Crippen LogP contribution in [0, 0.1) is 18.3 Å². The molecule has 0 radical (unpaired) electrons. The van der Waals surface area contributed by atoms with Crippen LogP contribution in [0.2, 0.25) is 0 Å². The second kappa shape index (κ2) is 10.9. The molecule has 4 heterocycles. The average molecular weight is 577 g/mol. The van der Waals surface area contributed by atoms with E-state index in [1.807, 2.05) is 4.90 Å². The summed E-state index contributed by atoms with van der Waals surface area (Å²) in [7, 11) is 2.14. The molecule has 3 fully saturated rings. The number of ether oxygens (including phenoxy) is 1. The van der Waals surface area contributed by atoms with Gasteiger partial charge < -0.3 is 24.3 Å². The van der Waals surface area contributed by atoms with Crippen LogP contribution in [0.5, 0.6) is 5.88 Å². The van der Waals surface area contributed by atoms with E-state index in [1.165, 1.54) is 28.1 Å². The zero-order valence-corrected chi connectivity index (χ0v) is 25.3. The largest absolute Gasteiger partial charge is 0.475 e. The number of anilines is 2. The molecule has 1 aliphatic carbocycles. The monoisotopic (exact) mass is 576 g/mol. The number of hydrogen-bond acceptors (Lipinski definition) is 7. The average Bonchev–Trinajstić information content (AvgIpc) is 3.66. The Labute approximate surface area is 254 Å². The van der Waals surface area contributed by atoms with Crippen LogP contribution in [-0.2, 0) is 17.8 Å². The number of aryl methyl sites for hydroxylation is 1. The van der Waals surface area contributed by atoms with E-state index in [2.05, 4.69) is 77.7 Å². The molecule has 4 aliphatic rings. The van der Waals surface area contributed by atoms with Gasteiger partial charge in [-0.1, -0.05) is 36.9 Å². The number of fused-ring (bicyclic) bond motifs is 2. The zero-order valence-electron chi connectivity index (χ0n) is 25.3. The van der Waals surface area contributed by atoms with Crippen LogP contribution in [0.4, 0.5) is 11.4 Å². The van der Waals surface area contributed by atoms with E-state index in [1.54, 1.807) is 0 Å². The summed E-state index contributed by atoms with van der Waals surface area (Å²) in [5.41, 5.74) is 5.93. The van der Waals surface area contributed by atoms with Gasteiger partial charge in [-0.3, -0.25) is 4.79 Å². The van der Waals surface area contributed by atoms with Gasteiger partial charge in [-0.25, -0.2) is 4.98 Å². The summed E-state index contributed by atoms with van der Waals surface area (Å²) in [4.78, 5) is 26.9. The summed E-state index contributed by atoms with van der Waals surface area (Å²) >= 11 is 0. The minimum absolute atomic E-state index is 0.000132. The van der Waals surface area contributed by atoms with Gasteiger partial charge in [-0.05, 0) is 75.7 Å². The SMILES string of the molecule is C=CC(=O)N1CCN(c2c(C#N)c(OC[C@@H]3CCCN3C)nc3c2CCN(c2cccc4cccc(C)c24)C3)CC12CC2. The normalized spacial score (nSPS) is 21.1. The number of rotatable bonds is 6. The molecule has 222 valence electrons. The lowest BCUT2D eigenvalue weighted by Crippen LogP contribution is -2.57. The first kappa shape index (κ1) is 27.7. The summed E-state index contributed by atoms with van der Waals surface area (Å²) in [6, 6.07) is 15.8. The Kier molecular flexibility index (Phi) is 7.01. The lowest BCUT2D eigenvalue weighted by Gasteiger charge is -2.44. The smallest absolute Gasteiger partial charge is 0.246 e. The molecular formula is C35H40N6O2. The minimum atomic E-state index is -0.179. The van der Waals surface area contributed by atoms with Crippen molar-refractivity contribution in [3.63, 3.8) is 0 Å². The van der Waals surface area contributed by atoms with Crippen LogP contribution in [-0.4, -0.2) is 78.7 Å². The maximum absolute atomic E-state index is 12.7. The highest BCUT2D eigenvalue weighted by Gasteiger charge is 2.53. The van der Waals surface area contributed by atoms with E-state index in [9.17, 15) is 10.1 Å². The quantitative estimate of drug-likeness (QED) is 0.390. The van der Waals surface area contributed by atoms with Gasteiger partial charge in [-0.2, -0.15) is 5.26 Å². The molecule has 8 heteroatoms. The van der Waals surface area contributed by atoms with Crippen molar-refractivity contribution in [2.75, 3.05) is 56.2 Å². The second-order valence-electron chi connectivity index (χ2n) is 12.7. The Morgan fingerprint density at radius 1 is 1.16 bits per heavy atom. The summed E-state index contributed by atoms with van der Waals surface area (Å²) < 4.78 is 6.46. The molecule has 1 aromatic heterocycles. The molecule has 3 aliphatic heterocycles. The van der Waals surface area contributed by atoms with Crippen molar-refractivity contribution in [2.45, 2.75) is 57.2 Å². The minimum Gasteiger partial charge on any atom is -0.475 e. The summed E-state index contributed by atoms with van der Waals surface area (Å²) in [6.45, 7) is 11.0. The number of nitrogens with zero attached hydrogens (tertiary/aromatic N) is 6. The van der Waals surface area contributed by atoms with Gasteiger partial charge in [0.15, 0.2) is 0 Å². The van der Waals surface area contributed by atoms with Gasteiger partial charge in [0.1, 0.15) is 18.2 Å². The first-order valence-corrected chi connectivity index (χ1v) is 15.6. The fourth-order valence-corrected chi connectivity index (χ4v) is 7.62. The van der Waals surface area contributed by atoms with Crippen molar-refractivity contribution in [3.05, 3.63) is 71.4 Å². The molecule has 8 nitrogen and oxygen atoms in total. The number of likely N-dealkylation sites (N-methyl/N-ethyl adjacent to an activating group) is 1. The van der Waals surface area contributed by atoms with Crippen LogP contribution < -0.4 is 14.5 Å².